The second-order valence-electron chi connectivity index (χ2n) is 5.58. The van der Waals surface area contributed by atoms with Gasteiger partial charge in [0.2, 0.25) is 0 Å². The van der Waals surface area contributed by atoms with E-state index in [1.54, 1.807) is 6.07 Å². The van der Waals surface area contributed by atoms with E-state index in [9.17, 15) is 21.6 Å². The van der Waals surface area contributed by atoms with Crippen molar-refractivity contribution in [3.8, 4) is 0 Å². The van der Waals surface area contributed by atoms with E-state index in [-0.39, 0.29) is 9.92 Å². The van der Waals surface area contributed by atoms with Crippen LogP contribution in [0, 0.1) is 0 Å². The van der Waals surface area contributed by atoms with Crippen molar-refractivity contribution >= 4 is 27.3 Å². The molecule has 0 fully saturated rings. The number of anilines is 1. The Morgan fingerprint density at radius 2 is 1.71 bits per heavy atom. The van der Waals surface area contributed by atoms with E-state index >= 15 is 0 Å². The van der Waals surface area contributed by atoms with Gasteiger partial charge in [-0.25, -0.2) is 8.42 Å². The Labute approximate surface area is 142 Å². The fourth-order valence-electron chi connectivity index (χ4n) is 2.76. The van der Waals surface area contributed by atoms with Crippen LogP contribution in [0.25, 0.3) is 0 Å². The maximum absolute atomic E-state index is 13.1. The normalized spacial score (nSPS) is 14.5. The predicted molar refractivity (Wildman–Crippen MR) is 85.7 cm³/mol. The maximum atomic E-state index is 13.1. The second-order valence-corrected chi connectivity index (χ2v) is 7.70. The molecular weight excluding hydrogens is 363 g/mol. The molecule has 0 saturated carbocycles. The number of fused-ring (bicyclic) bond motifs is 1. The van der Waals surface area contributed by atoms with Crippen LogP contribution in [0.3, 0.4) is 0 Å². The molecule has 0 radical (unpaired) electrons. The Morgan fingerprint density at radius 1 is 1.00 bits per heavy atom. The lowest BCUT2D eigenvalue weighted by atomic mass is 10.1. The number of benzene rings is 2. The van der Waals surface area contributed by atoms with Crippen molar-refractivity contribution in [3.05, 3.63) is 58.1 Å². The summed E-state index contributed by atoms with van der Waals surface area (Å²) in [4.78, 5) is -0.0498. The van der Waals surface area contributed by atoms with Gasteiger partial charge in [0.25, 0.3) is 10.0 Å². The van der Waals surface area contributed by atoms with E-state index in [0.29, 0.717) is 6.07 Å². The predicted octanol–water partition coefficient (Wildman–Crippen LogP) is 4.65. The van der Waals surface area contributed by atoms with Gasteiger partial charge in [0, 0.05) is 5.02 Å². The lowest BCUT2D eigenvalue weighted by Gasteiger charge is -2.15. The van der Waals surface area contributed by atoms with Gasteiger partial charge in [0.15, 0.2) is 0 Å². The molecule has 128 valence electrons. The van der Waals surface area contributed by atoms with Crippen LogP contribution in [0.5, 0.6) is 0 Å². The number of alkyl halides is 3. The first-order valence-corrected chi connectivity index (χ1v) is 9.04. The lowest BCUT2D eigenvalue weighted by Crippen LogP contribution is -2.17. The van der Waals surface area contributed by atoms with Crippen LogP contribution in [0.4, 0.5) is 18.9 Å². The molecule has 0 unspecified atom stereocenters. The van der Waals surface area contributed by atoms with Crippen LogP contribution in [0.15, 0.2) is 41.3 Å². The minimum absolute atomic E-state index is 0.0498. The summed E-state index contributed by atoms with van der Waals surface area (Å²) in [6, 6.07) is 7.56. The molecule has 24 heavy (non-hydrogen) atoms. The Bertz CT molecular complexity index is 895. The molecule has 0 atom stereocenters. The van der Waals surface area contributed by atoms with Crippen molar-refractivity contribution in [1.29, 1.82) is 0 Å². The largest absolute Gasteiger partial charge is 0.418 e. The summed E-state index contributed by atoms with van der Waals surface area (Å²) >= 11 is 5.60. The highest BCUT2D eigenvalue weighted by Gasteiger charge is 2.35. The first kappa shape index (κ1) is 17.1. The molecule has 0 aromatic heterocycles. The summed E-state index contributed by atoms with van der Waals surface area (Å²) in [6.07, 6.45) is -2.12. The third-order valence-electron chi connectivity index (χ3n) is 3.91. The minimum Gasteiger partial charge on any atom is -0.279 e. The number of aryl methyl sites for hydroxylation is 2. The highest BCUT2D eigenvalue weighted by Crippen LogP contribution is 2.37. The molecule has 1 aliphatic rings. The summed E-state index contributed by atoms with van der Waals surface area (Å²) in [7, 11) is -4.12. The van der Waals surface area contributed by atoms with E-state index < -0.39 is 27.5 Å². The van der Waals surface area contributed by atoms with Gasteiger partial charge in [0.1, 0.15) is 0 Å². The topological polar surface area (TPSA) is 46.2 Å². The van der Waals surface area contributed by atoms with Crippen molar-refractivity contribution in [3.63, 3.8) is 0 Å². The number of hydrogen-bond donors (Lipinski definition) is 1. The number of hydrogen-bond acceptors (Lipinski definition) is 2. The summed E-state index contributed by atoms with van der Waals surface area (Å²) in [5.74, 6) is 0. The van der Waals surface area contributed by atoms with E-state index in [2.05, 4.69) is 0 Å². The standard InChI is InChI=1S/C16H13ClF3NO2S/c17-12-5-7-15(14(9-12)16(18,19)20)21-24(22,23)13-6-4-10-2-1-3-11(10)8-13/h4-9,21H,1-3H2. The van der Waals surface area contributed by atoms with E-state index in [1.807, 2.05) is 4.72 Å². The monoisotopic (exact) mass is 375 g/mol. The third-order valence-corrected chi connectivity index (χ3v) is 5.51. The SMILES string of the molecule is O=S(=O)(Nc1ccc(Cl)cc1C(F)(F)F)c1ccc2c(c1)CCC2. The van der Waals surface area contributed by atoms with Crippen LogP contribution in [-0.2, 0) is 29.0 Å². The van der Waals surface area contributed by atoms with Crippen molar-refractivity contribution < 1.29 is 21.6 Å². The molecule has 2 aromatic carbocycles. The quantitative estimate of drug-likeness (QED) is 0.848. The van der Waals surface area contributed by atoms with Crippen molar-refractivity contribution in [2.24, 2.45) is 0 Å². The summed E-state index contributed by atoms with van der Waals surface area (Å²) in [6.45, 7) is 0. The Balaban J connectivity index is 1.99. The average molecular weight is 376 g/mol. The van der Waals surface area contributed by atoms with Crippen LogP contribution >= 0.6 is 11.6 Å². The summed E-state index contributed by atoms with van der Waals surface area (Å²) in [5.41, 5.74) is 0.327. The highest BCUT2D eigenvalue weighted by atomic mass is 35.5. The molecule has 2 aromatic rings. The minimum atomic E-state index is -4.72. The van der Waals surface area contributed by atoms with Gasteiger partial charge in [-0.05, 0) is 60.7 Å². The van der Waals surface area contributed by atoms with Gasteiger partial charge in [-0.15, -0.1) is 0 Å². The van der Waals surface area contributed by atoms with E-state index in [1.165, 1.54) is 18.2 Å². The first-order valence-electron chi connectivity index (χ1n) is 7.18. The number of nitrogens with one attached hydrogen (secondary N) is 1. The molecule has 0 amide bonds. The van der Waals surface area contributed by atoms with Gasteiger partial charge >= 0.3 is 6.18 Å². The molecular formula is C16H13ClF3NO2S. The highest BCUT2D eigenvalue weighted by molar-refractivity contribution is 7.92. The molecule has 3 nitrogen and oxygen atoms in total. The molecule has 1 N–H and O–H groups in total. The molecule has 0 aliphatic heterocycles. The van der Waals surface area contributed by atoms with Gasteiger partial charge in [-0.1, -0.05) is 17.7 Å². The zero-order valence-corrected chi connectivity index (χ0v) is 13.9. The number of sulfonamides is 1. The summed E-state index contributed by atoms with van der Waals surface area (Å²) < 4.78 is 66.2. The molecule has 0 bridgehead atoms. The molecule has 1 aliphatic carbocycles. The van der Waals surface area contributed by atoms with Crippen LogP contribution in [0.2, 0.25) is 5.02 Å². The smallest absolute Gasteiger partial charge is 0.279 e. The molecule has 0 heterocycles. The number of halogens is 4. The molecule has 0 spiro atoms. The van der Waals surface area contributed by atoms with Crippen molar-refractivity contribution in [1.82, 2.24) is 0 Å². The van der Waals surface area contributed by atoms with Crippen LogP contribution < -0.4 is 4.72 Å². The van der Waals surface area contributed by atoms with Gasteiger partial charge < -0.3 is 0 Å². The van der Waals surface area contributed by atoms with Crippen LogP contribution in [0.1, 0.15) is 23.1 Å². The number of rotatable bonds is 3. The second kappa shape index (κ2) is 5.97. The fourth-order valence-corrected chi connectivity index (χ4v) is 4.06. The van der Waals surface area contributed by atoms with E-state index in [0.717, 1.165) is 36.5 Å². The Morgan fingerprint density at radius 3 is 2.42 bits per heavy atom. The third kappa shape index (κ3) is 3.37. The molecule has 0 saturated heterocycles. The molecule has 8 heteroatoms. The van der Waals surface area contributed by atoms with Crippen LogP contribution in [-0.4, -0.2) is 8.42 Å². The van der Waals surface area contributed by atoms with Crippen molar-refractivity contribution in [2.75, 3.05) is 4.72 Å². The van der Waals surface area contributed by atoms with Gasteiger partial charge in [0.05, 0.1) is 16.1 Å². The zero-order valence-electron chi connectivity index (χ0n) is 12.3. The molecule has 3 rings (SSSR count). The van der Waals surface area contributed by atoms with E-state index in [4.69, 9.17) is 11.6 Å². The van der Waals surface area contributed by atoms with Gasteiger partial charge in [-0.2, -0.15) is 13.2 Å². The Kier molecular flexibility index (Phi) is 4.25. The summed E-state index contributed by atoms with van der Waals surface area (Å²) in [5, 5.41) is -0.122. The Hall–Kier alpha value is -1.73. The van der Waals surface area contributed by atoms with Crippen molar-refractivity contribution in [2.45, 2.75) is 30.3 Å². The fraction of sp³-hybridized carbons (Fsp3) is 0.250. The zero-order chi connectivity index (χ0) is 17.5. The lowest BCUT2D eigenvalue weighted by molar-refractivity contribution is -0.136. The first-order chi connectivity index (χ1) is 11.2. The maximum Gasteiger partial charge on any atom is 0.418 e. The average Bonchev–Trinajstić information content (AvgIpc) is 2.95. The van der Waals surface area contributed by atoms with Gasteiger partial charge in [-0.3, -0.25) is 4.72 Å².